The van der Waals surface area contributed by atoms with Crippen LogP contribution in [0, 0.1) is 0 Å². The lowest BCUT2D eigenvalue weighted by Crippen LogP contribution is -2.13. The molecule has 0 fully saturated rings. The zero-order valence-corrected chi connectivity index (χ0v) is 15.7. The van der Waals surface area contributed by atoms with E-state index in [1.54, 1.807) is 62.4 Å². The maximum atomic E-state index is 12.5. The highest BCUT2D eigenvalue weighted by Gasteiger charge is 2.13. The number of anilines is 1. The number of carbonyl (C=O) groups is 2. The molecule has 2 rings (SSSR count). The zero-order valence-electron chi connectivity index (χ0n) is 15.7. The van der Waals surface area contributed by atoms with Gasteiger partial charge in [0.05, 0.1) is 18.8 Å². The number of rotatable bonds is 8. The quantitative estimate of drug-likeness (QED) is 0.561. The molecule has 1 N–H and O–H groups in total. The average Bonchev–Trinajstić information content (AvgIpc) is 2.66. The normalized spacial score (nSPS) is 10.2. The molecule has 27 heavy (non-hydrogen) atoms. The van der Waals surface area contributed by atoms with E-state index in [2.05, 4.69) is 11.9 Å². The Bertz CT molecular complexity index is 812. The molecule has 6 heteroatoms. The van der Waals surface area contributed by atoms with Gasteiger partial charge in [0, 0.05) is 11.3 Å². The number of amides is 1. The second-order valence-electron chi connectivity index (χ2n) is 5.95. The molecular formula is C21H23NO5. The van der Waals surface area contributed by atoms with Crippen LogP contribution in [0.2, 0.25) is 0 Å². The second-order valence-corrected chi connectivity index (χ2v) is 5.95. The van der Waals surface area contributed by atoms with Crippen LogP contribution in [0.25, 0.3) is 0 Å². The Labute approximate surface area is 158 Å². The molecule has 0 heterocycles. The highest BCUT2D eigenvalue weighted by atomic mass is 16.5. The Morgan fingerprint density at radius 2 is 1.74 bits per heavy atom. The van der Waals surface area contributed by atoms with E-state index >= 15 is 0 Å². The van der Waals surface area contributed by atoms with Gasteiger partial charge in [0.1, 0.15) is 6.61 Å². The monoisotopic (exact) mass is 369 g/mol. The molecule has 0 atom stereocenters. The van der Waals surface area contributed by atoms with E-state index in [4.69, 9.17) is 14.2 Å². The number of carbonyl (C=O) groups excluding carboxylic acids is 2. The van der Waals surface area contributed by atoms with Crippen molar-refractivity contribution in [1.82, 2.24) is 0 Å². The summed E-state index contributed by atoms with van der Waals surface area (Å²) in [5.74, 6) is 0.280. The fraction of sp³-hybridized carbons (Fsp3) is 0.238. The molecule has 0 saturated heterocycles. The number of methoxy groups -OCH3 is 1. The van der Waals surface area contributed by atoms with E-state index < -0.39 is 5.97 Å². The fourth-order valence-corrected chi connectivity index (χ4v) is 2.25. The van der Waals surface area contributed by atoms with Gasteiger partial charge in [0.15, 0.2) is 11.5 Å². The van der Waals surface area contributed by atoms with Crippen LogP contribution in [0.3, 0.4) is 0 Å². The van der Waals surface area contributed by atoms with E-state index in [1.165, 1.54) is 7.11 Å². The lowest BCUT2D eigenvalue weighted by atomic mass is 10.1. The third-order valence-electron chi connectivity index (χ3n) is 3.50. The first-order valence-corrected chi connectivity index (χ1v) is 8.48. The van der Waals surface area contributed by atoms with Crippen molar-refractivity contribution in [1.29, 1.82) is 0 Å². The van der Waals surface area contributed by atoms with Crippen LogP contribution in [0.1, 0.15) is 34.6 Å². The van der Waals surface area contributed by atoms with Gasteiger partial charge in [0.25, 0.3) is 5.91 Å². The molecule has 142 valence electrons. The van der Waals surface area contributed by atoms with Crippen molar-refractivity contribution in [3.05, 3.63) is 66.2 Å². The zero-order chi connectivity index (χ0) is 19.8. The predicted octanol–water partition coefficient (Wildman–Crippen LogP) is 4.08. The Morgan fingerprint density at radius 3 is 2.33 bits per heavy atom. The van der Waals surface area contributed by atoms with Gasteiger partial charge in [0.2, 0.25) is 0 Å². The highest BCUT2D eigenvalue weighted by molar-refractivity contribution is 6.04. The molecule has 2 aromatic carbocycles. The molecule has 1 amide bonds. The summed E-state index contributed by atoms with van der Waals surface area (Å²) in [5, 5.41) is 2.78. The van der Waals surface area contributed by atoms with Gasteiger partial charge in [-0.05, 0) is 56.3 Å². The minimum atomic E-state index is -0.400. The summed E-state index contributed by atoms with van der Waals surface area (Å²) >= 11 is 0. The van der Waals surface area contributed by atoms with Crippen LogP contribution in [0.4, 0.5) is 5.69 Å². The molecule has 0 aliphatic carbocycles. The molecule has 0 unspecified atom stereocenters. The van der Waals surface area contributed by atoms with Crippen molar-refractivity contribution >= 4 is 17.6 Å². The van der Waals surface area contributed by atoms with Crippen molar-refractivity contribution in [2.24, 2.45) is 0 Å². The van der Waals surface area contributed by atoms with Crippen molar-refractivity contribution in [2.75, 3.05) is 19.0 Å². The molecule has 0 saturated carbocycles. The van der Waals surface area contributed by atoms with Crippen molar-refractivity contribution < 1.29 is 23.8 Å². The molecular weight excluding hydrogens is 346 g/mol. The summed E-state index contributed by atoms with van der Waals surface area (Å²) in [6.07, 6.45) is 1.44. The van der Waals surface area contributed by atoms with Crippen LogP contribution in [-0.2, 0) is 4.74 Å². The molecule has 0 spiro atoms. The number of benzene rings is 2. The van der Waals surface area contributed by atoms with Gasteiger partial charge in [-0.2, -0.15) is 0 Å². The number of esters is 1. The molecule has 0 aliphatic rings. The third kappa shape index (κ3) is 5.60. The topological polar surface area (TPSA) is 73.9 Å². The first-order chi connectivity index (χ1) is 12.9. The Balaban J connectivity index is 2.08. The SMILES string of the molecule is C=CCOc1ccc(C(=O)Nc2ccc(C(=O)OC(C)C)cc2)cc1OC. The van der Waals surface area contributed by atoms with E-state index in [-0.39, 0.29) is 12.0 Å². The minimum absolute atomic E-state index is 0.190. The average molecular weight is 369 g/mol. The van der Waals surface area contributed by atoms with Crippen LogP contribution < -0.4 is 14.8 Å². The second kappa shape index (κ2) is 9.43. The summed E-state index contributed by atoms with van der Waals surface area (Å²) in [6, 6.07) is 11.4. The van der Waals surface area contributed by atoms with Crippen LogP contribution in [0.5, 0.6) is 11.5 Å². The third-order valence-corrected chi connectivity index (χ3v) is 3.50. The molecule has 0 radical (unpaired) electrons. The van der Waals surface area contributed by atoms with Crippen molar-refractivity contribution in [3.63, 3.8) is 0 Å². The predicted molar refractivity (Wildman–Crippen MR) is 104 cm³/mol. The van der Waals surface area contributed by atoms with Crippen LogP contribution >= 0.6 is 0 Å². The highest BCUT2D eigenvalue weighted by Crippen LogP contribution is 2.28. The van der Waals surface area contributed by atoms with E-state index in [0.717, 1.165) is 0 Å². The summed E-state index contributed by atoms with van der Waals surface area (Å²) in [7, 11) is 1.51. The van der Waals surface area contributed by atoms with Gasteiger partial charge in [-0.25, -0.2) is 4.79 Å². The number of hydrogen-bond acceptors (Lipinski definition) is 5. The maximum Gasteiger partial charge on any atom is 0.338 e. The fourth-order valence-electron chi connectivity index (χ4n) is 2.25. The maximum absolute atomic E-state index is 12.5. The van der Waals surface area contributed by atoms with Crippen LogP contribution in [0.15, 0.2) is 55.1 Å². The summed E-state index contributed by atoms with van der Waals surface area (Å²) in [6.45, 7) is 7.51. The molecule has 2 aromatic rings. The van der Waals surface area contributed by atoms with Crippen LogP contribution in [-0.4, -0.2) is 31.7 Å². The largest absolute Gasteiger partial charge is 0.493 e. The Morgan fingerprint density at radius 1 is 1.07 bits per heavy atom. The molecule has 0 aliphatic heterocycles. The van der Waals surface area contributed by atoms with Gasteiger partial charge in [-0.15, -0.1) is 0 Å². The summed E-state index contributed by atoms with van der Waals surface area (Å²) < 4.78 is 15.9. The summed E-state index contributed by atoms with van der Waals surface area (Å²) in [4.78, 5) is 24.3. The van der Waals surface area contributed by atoms with Gasteiger partial charge >= 0.3 is 5.97 Å². The number of ether oxygens (including phenoxy) is 3. The van der Waals surface area contributed by atoms with Crippen molar-refractivity contribution in [2.45, 2.75) is 20.0 Å². The van der Waals surface area contributed by atoms with E-state index in [9.17, 15) is 9.59 Å². The summed E-state index contributed by atoms with van der Waals surface area (Å²) in [5.41, 5.74) is 1.40. The first-order valence-electron chi connectivity index (χ1n) is 8.48. The lowest BCUT2D eigenvalue weighted by Gasteiger charge is -2.12. The standard InChI is InChI=1S/C21H23NO5/c1-5-12-26-18-11-8-16(13-19(18)25-4)20(23)22-17-9-6-15(7-10-17)21(24)27-14(2)3/h5-11,13-14H,1,12H2,2-4H3,(H,22,23). The molecule has 6 nitrogen and oxygen atoms in total. The Kier molecular flexibility index (Phi) is 7.00. The van der Waals surface area contributed by atoms with Gasteiger partial charge in [-0.1, -0.05) is 12.7 Å². The minimum Gasteiger partial charge on any atom is -0.493 e. The number of hydrogen-bond donors (Lipinski definition) is 1. The Hall–Kier alpha value is -3.28. The molecule has 0 aromatic heterocycles. The lowest BCUT2D eigenvalue weighted by molar-refractivity contribution is 0.0378. The van der Waals surface area contributed by atoms with E-state index in [1.807, 2.05) is 0 Å². The number of nitrogens with one attached hydrogen (secondary N) is 1. The molecule has 0 bridgehead atoms. The van der Waals surface area contributed by atoms with E-state index in [0.29, 0.717) is 34.9 Å². The first kappa shape index (κ1) is 20.0. The van der Waals surface area contributed by atoms with Gasteiger partial charge < -0.3 is 19.5 Å². The van der Waals surface area contributed by atoms with Crippen molar-refractivity contribution in [3.8, 4) is 11.5 Å². The van der Waals surface area contributed by atoms with Gasteiger partial charge in [-0.3, -0.25) is 4.79 Å². The smallest absolute Gasteiger partial charge is 0.338 e.